The normalized spacial score (nSPS) is 12.6. The molecule has 0 radical (unpaired) electrons. The van der Waals surface area contributed by atoms with Crippen molar-refractivity contribution in [3.05, 3.63) is 82.1 Å². The fourth-order valence-electron chi connectivity index (χ4n) is 2.27. The van der Waals surface area contributed by atoms with Crippen LogP contribution in [0.15, 0.2) is 70.9 Å². The molecule has 1 N–H and O–H groups in total. The summed E-state index contributed by atoms with van der Waals surface area (Å²) < 4.78 is 0.727. The minimum absolute atomic E-state index is 0.0561. The van der Waals surface area contributed by atoms with Crippen molar-refractivity contribution in [1.82, 2.24) is 10.3 Å². The lowest BCUT2D eigenvalue weighted by atomic mass is 10.0. The summed E-state index contributed by atoms with van der Waals surface area (Å²) in [6.45, 7) is 1.99. The number of rotatable bonds is 6. The van der Waals surface area contributed by atoms with E-state index >= 15 is 0 Å². The number of aromatic nitrogens is 1. The molecule has 0 spiro atoms. The molecular formula is C20H18BrN3O. The monoisotopic (exact) mass is 395 g/mol. The zero-order chi connectivity index (χ0) is 18.1. The van der Waals surface area contributed by atoms with Gasteiger partial charge in [-0.3, -0.25) is 4.79 Å². The molecule has 0 aliphatic rings. The van der Waals surface area contributed by atoms with Crippen LogP contribution in [-0.2, 0) is 4.79 Å². The standard InChI is InChI=1S/C20H18BrN3O/c1-2-18(15-8-4-3-5-9-15)24-20(25)16(14-22)10-6-11-17-12-7-13-19(21)23-17/h3-13,18H,2H2,1H3,(H,24,25)/b11-6+,16-10+/t18-/m0/s1. The van der Waals surface area contributed by atoms with Gasteiger partial charge in [0.05, 0.1) is 11.7 Å². The van der Waals surface area contributed by atoms with E-state index in [-0.39, 0.29) is 17.5 Å². The van der Waals surface area contributed by atoms with E-state index in [9.17, 15) is 10.1 Å². The Labute approximate surface area is 156 Å². The molecule has 4 nitrogen and oxygen atoms in total. The maximum absolute atomic E-state index is 12.4. The van der Waals surface area contributed by atoms with Gasteiger partial charge >= 0.3 is 0 Å². The summed E-state index contributed by atoms with van der Waals surface area (Å²) in [5.41, 5.74) is 1.81. The summed E-state index contributed by atoms with van der Waals surface area (Å²) >= 11 is 3.30. The summed E-state index contributed by atoms with van der Waals surface area (Å²) in [6, 6.07) is 17.1. The fraction of sp³-hybridized carbons (Fsp3) is 0.150. The molecule has 0 saturated heterocycles. The van der Waals surface area contributed by atoms with E-state index in [0.717, 1.165) is 22.3 Å². The molecule has 126 valence electrons. The summed E-state index contributed by atoms with van der Waals surface area (Å²) in [5, 5.41) is 12.2. The van der Waals surface area contributed by atoms with Crippen LogP contribution in [0.2, 0.25) is 0 Å². The van der Waals surface area contributed by atoms with Gasteiger partial charge in [-0.15, -0.1) is 0 Å². The Kier molecular flexibility index (Phi) is 7.12. The van der Waals surface area contributed by atoms with E-state index in [1.165, 1.54) is 6.08 Å². The molecule has 0 fully saturated rings. The van der Waals surface area contributed by atoms with Crippen molar-refractivity contribution < 1.29 is 4.79 Å². The van der Waals surface area contributed by atoms with Crippen LogP contribution in [0, 0.1) is 11.3 Å². The van der Waals surface area contributed by atoms with Crippen LogP contribution in [-0.4, -0.2) is 10.9 Å². The average Bonchev–Trinajstić information content (AvgIpc) is 2.64. The number of amides is 1. The first-order chi connectivity index (χ1) is 12.1. The Balaban J connectivity index is 2.08. The summed E-state index contributed by atoms with van der Waals surface area (Å²) in [6.07, 6.45) is 5.63. The molecule has 2 rings (SSSR count). The van der Waals surface area contributed by atoms with E-state index in [0.29, 0.717) is 0 Å². The quantitative estimate of drug-likeness (QED) is 0.337. The van der Waals surface area contributed by atoms with Crippen molar-refractivity contribution in [2.75, 3.05) is 0 Å². The van der Waals surface area contributed by atoms with Gasteiger partial charge in [-0.25, -0.2) is 4.98 Å². The van der Waals surface area contributed by atoms with Crippen LogP contribution in [0.4, 0.5) is 0 Å². The Morgan fingerprint density at radius 2 is 2.04 bits per heavy atom. The van der Waals surface area contributed by atoms with Gasteiger partial charge in [0.1, 0.15) is 16.2 Å². The van der Waals surface area contributed by atoms with Crippen LogP contribution in [0.25, 0.3) is 6.08 Å². The van der Waals surface area contributed by atoms with Gasteiger partial charge in [0.2, 0.25) is 0 Å². The number of carbonyl (C=O) groups excluding carboxylic acids is 1. The molecule has 5 heteroatoms. The second kappa shape index (κ2) is 9.55. The highest BCUT2D eigenvalue weighted by Crippen LogP contribution is 2.16. The molecule has 0 aliphatic heterocycles. The largest absolute Gasteiger partial charge is 0.345 e. The van der Waals surface area contributed by atoms with Gasteiger partial charge < -0.3 is 5.32 Å². The van der Waals surface area contributed by atoms with Gasteiger partial charge in [-0.2, -0.15) is 5.26 Å². The highest BCUT2D eigenvalue weighted by atomic mass is 79.9. The Bertz CT molecular complexity index is 822. The lowest BCUT2D eigenvalue weighted by molar-refractivity contribution is -0.117. The Morgan fingerprint density at radius 3 is 2.68 bits per heavy atom. The van der Waals surface area contributed by atoms with Gasteiger partial charge in [-0.1, -0.05) is 49.4 Å². The second-order valence-corrected chi connectivity index (χ2v) is 6.09. The van der Waals surface area contributed by atoms with Crippen molar-refractivity contribution in [1.29, 1.82) is 5.26 Å². The molecule has 0 bridgehead atoms. The fourth-order valence-corrected chi connectivity index (χ4v) is 2.62. The topological polar surface area (TPSA) is 65.8 Å². The van der Waals surface area contributed by atoms with Crippen LogP contribution in [0.1, 0.15) is 30.6 Å². The second-order valence-electron chi connectivity index (χ2n) is 5.28. The predicted octanol–water partition coefficient (Wildman–Crippen LogP) is 4.57. The summed E-state index contributed by atoms with van der Waals surface area (Å²) in [7, 11) is 0. The third kappa shape index (κ3) is 5.70. The SMILES string of the molecule is CC[C@H](NC(=O)/C(C#N)=C/C=C/c1cccc(Br)n1)c1ccccc1. The van der Waals surface area contributed by atoms with E-state index < -0.39 is 0 Å². The van der Waals surface area contributed by atoms with E-state index in [2.05, 4.69) is 26.2 Å². The zero-order valence-electron chi connectivity index (χ0n) is 13.8. The molecule has 0 aliphatic carbocycles. The lowest BCUT2D eigenvalue weighted by Gasteiger charge is -2.16. The molecule has 1 aromatic carbocycles. The minimum atomic E-state index is -0.384. The predicted molar refractivity (Wildman–Crippen MR) is 102 cm³/mol. The molecule has 1 heterocycles. The molecule has 1 amide bonds. The van der Waals surface area contributed by atoms with E-state index in [4.69, 9.17) is 0 Å². The first-order valence-electron chi connectivity index (χ1n) is 7.91. The van der Waals surface area contributed by atoms with E-state index in [1.54, 1.807) is 12.2 Å². The molecule has 0 saturated carbocycles. The van der Waals surface area contributed by atoms with Gasteiger partial charge in [-0.05, 0) is 52.2 Å². The van der Waals surface area contributed by atoms with Gasteiger partial charge in [0, 0.05) is 0 Å². The molecule has 0 unspecified atom stereocenters. The highest BCUT2D eigenvalue weighted by molar-refractivity contribution is 9.10. The smallest absolute Gasteiger partial charge is 0.262 e. The zero-order valence-corrected chi connectivity index (χ0v) is 15.4. The van der Waals surface area contributed by atoms with Gasteiger partial charge in [0.15, 0.2) is 0 Å². The number of benzene rings is 1. The first kappa shape index (κ1) is 18.6. The maximum Gasteiger partial charge on any atom is 0.262 e. The average molecular weight is 396 g/mol. The Morgan fingerprint density at radius 1 is 1.28 bits per heavy atom. The third-order valence-corrected chi connectivity index (χ3v) is 3.99. The van der Waals surface area contributed by atoms with Crippen LogP contribution < -0.4 is 5.32 Å². The van der Waals surface area contributed by atoms with Crippen LogP contribution in [0.5, 0.6) is 0 Å². The lowest BCUT2D eigenvalue weighted by Crippen LogP contribution is -2.29. The summed E-state index contributed by atoms with van der Waals surface area (Å²) in [4.78, 5) is 16.6. The van der Waals surface area contributed by atoms with Crippen molar-refractivity contribution in [2.45, 2.75) is 19.4 Å². The first-order valence-corrected chi connectivity index (χ1v) is 8.70. The molecule has 1 atom stereocenters. The number of allylic oxidation sites excluding steroid dienone is 2. The van der Waals surface area contributed by atoms with Crippen molar-refractivity contribution in [2.24, 2.45) is 0 Å². The third-order valence-electron chi connectivity index (χ3n) is 3.55. The number of nitrogens with one attached hydrogen (secondary N) is 1. The van der Waals surface area contributed by atoms with Crippen molar-refractivity contribution in [3.8, 4) is 6.07 Å². The number of carbonyl (C=O) groups is 1. The number of pyridine rings is 1. The van der Waals surface area contributed by atoms with Gasteiger partial charge in [0.25, 0.3) is 5.91 Å². The number of hydrogen-bond donors (Lipinski definition) is 1. The van der Waals surface area contributed by atoms with Crippen LogP contribution in [0.3, 0.4) is 0 Å². The number of halogens is 1. The van der Waals surface area contributed by atoms with E-state index in [1.807, 2.05) is 61.5 Å². The molecule has 1 aromatic heterocycles. The Hall–Kier alpha value is -2.71. The molecule has 25 heavy (non-hydrogen) atoms. The summed E-state index contributed by atoms with van der Waals surface area (Å²) in [5.74, 6) is -0.384. The highest BCUT2D eigenvalue weighted by Gasteiger charge is 2.15. The number of nitriles is 1. The number of hydrogen-bond acceptors (Lipinski definition) is 3. The number of nitrogens with zero attached hydrogens (tertiary/aromatic N) is 2. The van der Waals surface area contributed by atoms with Crippen molar-refractivity contribution >= 4 is 27.9 Å². The van der Waals surface area contributed by atoms with Crippen LogP contribution >= 0.6 is 15.9 Å². The maximum atomic E-state index is 12.4. The minimum Gasteiger partial charge on any atom is -0.345 e. The van der Waals surface area contributed by atoms with Crippen molar-refractivity contribution in [3.63, 3.8) is 0 Å². The molecule has 2 aromatic rings. The molecular weight excluding hydrogens is 378 g/mol.